The molecule has 4 aromatic carbocycles. The lowest BCUT2D eigenvalue weighted by molar-refractivity contribution is 0.590. The van der Waals surface area contributed by atoms with Gasteiger partial charge in [0.05, 0.1) is 8.07 Å². The third kappa shape index (κ3) is 4.98. The summed E-state index contributed by atoms with van der Waals surface area (Å²) in [5.41, 5.74) is 20.0. The molecule has 0 bridgehead atoms. The fourth-order valence-electron chi connectivity index (χ4n) is 8.33. The van der Waals surface area contributed by atoms with Gasteiger partial charge in [-0.05, 0) is 92.8 Å². The largest absolute Gasteiger partial charge is 0.0722 e. The Balaban J connectivity index is 1.41. The number of rotatable bonds is 4. The summed E-state index contributed by atoms with van der Waals surface area (Å²) in [4.78, 5) is 0. The van der Waals surface area contributed by atoms with E-state index in [0.717, 1.165) is 0 Å². The number of allylic oxidation sites excluding steroid dienone is 3. The van der Waals surface area contributed by atoms with Gasteiger partial charge in [0.1, 0.15) is 0 Å². The third-order valence-corrected chi connectivity index (χ3v) is 15.2. The fraction of sp³-hybridized carbons (Fsp3) is 0.349. The van der Waals surface area contributed by atoms with Gasteiger partial charge >= 0.3 is 0 Å². The van der Waals surface area contributed by atoms with E-state index in [2.05, 4.69) is 166 Å². The van der Waals surface area contributed by atoms with Crippen LogP contribution in [0.15, 0.2) is 96.1 Å². The van der Waals surface area contributed by atoms with Crippen molar-refractivity contribution in [3.63, 3.8) is 0 Å². The van der Waals surface area contributed by atoms with Gasteiger partial charge in [0, 0.05) is 11.1 Å². The average molecular weight is 595 g/mol. The number of fused-ring (bicyclic) bond motifs is 2. The average Bonchev–Trinajstić information content (AvgIpc) is 3.45. The quantitative estimate of drug-likeness (QED) is 0.206. The van der Waals surface area contributed by atoms with E-state index in [1.807, 2.05) is 0 Å². The molecule has 0 fully saturated rings. The number of hydrogen-bond acceptors (Lipinski definition) is 0. The molecule has 0 saturated carbocycles. The molecule has 0 N–H and O–H groups in total. The van der Waals surface area contributed by atoms with Crippen LogP contribution in [0, 0.1) is 0 Å². The second-order valence-corrected chi connectivity index (χ2v) is 20.9. The standard InChI is InChI=1S/C43H50Si/c1-27-26-38-34(30-18-22-32(23-19-30)42(4,5)6)14-12-16-36(38)40(27)44(10,11)41-29(3)28(2)39-35(15-13-17-37(39)41)31-20-24-33(25-21-31)43(7,8)9/h12-26,40-41H,1-11H3. The minimum absolute atomic E-state index is 0.156. The monoisotopic (exact) mass is 594 g/mol. The Morgan fingerprint density at radius 2 is 1.02 bits per heavy atom. The second-order valence-electron chi connectivity index (χ2n) is 16.1. The molecule has 226 valence electrons. The first kappa shape index (κ1) is 30.6. The summed E-state index contributed by atoms with van der Waals surface area (Å²) >= 11 is 0. The number of benzene rings is 4. The van der Waals surface area contributed by atoms with Crippen LogP contribution in [0.25, 0.3) is 33.9 Å². The summed E-state index contributed by atoms with van der Waals surface area (Å²) in [6, 6.07) is 32.7. The molecule has 6 rings (SSSR count). The molecule has 2 unspecified atom stereocenters. The van der Waals surface area contributed by atoms with Crippen LogP contribution >= 0.6 is 0 Å². The van der Waals surface area contributed by atoms with Gasteiger partial charge in [0.2, 0.25) is 0 Å². The first-order chi connectivity index (χ1) is 20.6. The molecule has 0 amide bonds. The minimum Gasteiger partial charge on any atom is -0.0679 e. The summed E-state index contributed by atoms with van der Waals surface area (Å²) in [6.45, 7) is 26.2. The maximum Gasteiger partial charge on any atom is 0.0722 e. The van der Waals surface area contributed by atoms with E-state index in [1.165, 1.54) is 61.2 Å². The molecule has 0 nitrogen and oxygen atoms in total. The minimum atomic E-state index is -1.95. The SMILES string of the molecule is CC1=Cc2c(-c3ccc(C(C)(C)C)cc3)cccc2C1[Si](C)(C)C1C(C)=C(C)c2c(-c3ccc(C(C)(C)C)cc3)cccc21. The molecule has 0 heterocycles. The van der Waals surface area contributed by atoms with Crippen LogP contribution in [-0.4, -0.2) is 8.07 Å². The van der Waals surface area contributed by atoms with Gasteiger partial charge < -0.3 is 0 Å². The summed E-state index contributed by atoms with van der Waals surface area (Å²) in [5, 5.41) is 0. The van der Waals surface area contributed by atoms with Crippen molar-refractivity contribution in [3.05, 3.63) is 129 Å². The van der Waals surface area contributed by atoms with E-state index in [-0.39, 0.29) is 10.8 Å². The van der Waals surface area contributed by atoms with Crippen LogP contribution in [0.5, 0.6) is 0 Å². The van der Waals surface area contributed by atoms with Gasteiger partial charge in [-0.1, -0.05) is 157 Å². The van der Waals surface area contributed by atoms with E-state index in [9.17, 15) is 0 Å². The molecule has 2 atom stereocenters. The van der Waals surface area contributed by atoms with E-state index in [4.69, 9.17) is 0 Å². The highest BCUT2D eigenvalue weighted by atomic mass is 28.3. The van der Waals surface area contributed by atoms with Crippen molar-refractivity contribution < 1.29 is 0 Å². The van der Waals surface area contributed by atoms with Crippen molar-refractivity contribution in [1.82, 2.24) is 0 Å². The normalized spacial score (nSPS) is 18.4. The van der Waals surface area contributed by atoms with Crippen LogP contribution in [0.1, 0.15) is 107 Å². The van der Waals surface area contributed by atoms with Crippen molar-refractivity contribution in [2.75, 3.05) is 0 Å². The van der Waals surface area contributed by atoms with Crippen LogP contribution in [0.4, 0.5) is 0 Å². The second kappa shape index (κ2) is 10.6. The first-order valence-corrected chi connectivity index (χ1v) is 19.6. The zero-order valence-corrected chi connectivity index (χ0v) is 29.8. The lowest BCUT2D eigenvalue weighted by atomic mass is 9.85. The fourth-order valence-corrected chi connectivity index (χ4v) is 13.4. The Morgan fingerprint density at radius 1 is 0.545 bits per heavy atom. The highest BCUT2D eigenvalue weighted by Crippen LogP contribution is 2.56. The van der Waals surface area contributed by atoms with E-state index in [1.54, 1.807) is 11.1 Å². The Hall–Kier alpha value is -3.42. The lowest BCUT2D eigenvalue weighted by Crippen LogP contribution is -2.42. The Bertz CT molecular complexity index is 1800. The molecular weight excluding hydrogens is 545 g/mol. The van der Waals surface area contributed by atoms with Crippen molar-refractivity contribution in [1.29, 1.82) is 0 Å². The molecule has 0 radical (unpaired) electrons. The summed E-state index contributed by atoms with van der Waals surface area (Å²) in [7, 11) is -1.95. The topological polar surface area (TPSA) is 0 Å². The van der Waals surface area contributed by atoms with Gasteiger partial charge in [0.15, 0.2) is 0 Å². The van der Waals surface area contributed by atoms with E-state index in [0.29, 0.717) is 11.1 Å². The Kier molecular flexibility index (Phi) is 7.36. The highest BCUT2D eigenvalue weighted by Gasteiger charge is 2.48. The lowest BCUT2D eigenvalue weighted by Gasteiger charge is -2.39. The maximum absolute atomic E-state index is 2.65. The summed E-state index contributed by atoms with van der Waals surface area (Å²) in [5.74, 6) is 0. The van der Waals surface area contributed by atoms with Crippen LogP contribution < -0.4 is 0 Å². The van der Waals surface area contributed by atoms with Crippen molar-refractivity contribution in [3.8, 4) is 22.3 Å². The van der Waals surface area contributed by atoms with Gasteiger partial charge in [0.25, 0.3) is 0 Å². The molecule has 0 spiro atoms. The van der Waals surface area contributed by atoms with Gasteiger partial charge in [-0.15, -0.1) is 0 Å². The molecule has 4 aromatic rings. The molecular formula is C43H50Si. The van der Waals surface area contributed by atoms with Crippen LogP contribution in [-0.2, 0) is 10.8 Å². The Morgan fingerprint density at radius 3 is 1.55 bits per heavy atom. The predicted octanol–water partition coefficient (Wildman–Crippen LogP) is 12.5. The van der Waals surface area contributed by atoms with E-state index >= 15 is 0 Å². The molecule has 44 heavy (non-hydrogen) atoms. The summed E-state index contributed by atoms with van der Waals surface area (Å²) in [6.07, 6.45) is 2.51. The first-order valence-electron chi connectivity index (χ1n) is 16.4. The van der Waals surface area contributed by atoms with E-state index < -0.39 is 8.07 Å². The highest BCUT2D eigenvalue weighted by molar-refractivity contribution is 6.81. The third-order valence-electron chi connectivity index (χ3n) is 10.7. The molecule has 2 aliphatic carbocycles. The molecule has 1 heteroatoms. The predicted molar refractivity (Wildman–Crippen MR) is 196 cm³/mol. The molecule has 0 saturated heterocycles. The number of hydrogen-bond donors (Lipinski definition) is 0. The zero-order valence-electron chi connectivity index (χ0n) is 28.8. The van der Waals surface area contributed by atoms with Crippen molar-refractivity contribution in [2.24, 2.45) is 0 Å². The molecule has 0 aliphatic heterocycles. The van der Waals surface area contributed by atoms with Crippen LogP contribution in [0.2, 0.25) is 13.1 Å². The van der Waals surface area contributed by atoms with Gasteiger partial charge in [-0.2, -0.15) is 0 Å². The van der Waals surface area contributed by atoms with Gasteiger partial charge in [-0.3, -0.25) is 0 Å². The maximum atomic E-state index is 2.65. The van der Waals surface area contributed by atoms with Gasteiger partial charge in [-0.25, -0.2) is 0 Å². The van der Waals surface area contributed by atoms with Crippen LogP contribution in [0.3, 0.4) is 0 Å². The van der Waals surface area contributed by atoms with Crippen molar-refractivity contribution >= 4 is 19.7 Å². The van der Waals surface area contributed by atoms with Crippen molar-refractivity contribution in [2.45, 2.75) is 97.3 Å². The smallest absolute Gasteiger partial charge is 0.0679 e. The summed E-state index contributed by atoms with van der Waals surface area (Å²) < 4.78 is 0. The Labute approximate surface area is 268 Å². The molecule has 2 aliphatic rings. The zero-order chi connectivity index (χ0) is 31.8. The molecule has 0 aromatic heterocycles.